The van der Waals surface area contributed by atoms with Crippen LogP contribution in [0, 0.1) is 6.92 Å². The third-order valence-corrected chi connectivity index (χ3v) is 3.61. The highest BCUT2D eigenvalue weighted by atomic mass is 16.5. The quantitative estimate of drug-likeness (QED) is 0.756. The van der Waals surface area contributed by atoms with Gasteiger partial charge in [-0.05, 0) is 25.3 Å². The topological polar surface area (TPSA) is 68.9 Å². The largest absolute Gasteiger partial charge is 0.493 e. The lowest BCUT2D eigenvalue weighted by atomic mass is 10.0. The molecule has 23 heavy (non-hydrogen) atoms. The van der Waals surface area contributed by atoms with Crippen LogP contribution in [0.25, 0.3) is 11.0 Å². The van der Waals surface area contributed by atoms with Crippen molar-refractivity contribution in [2.24, 2.45) is 0 Å². The molecule has 0 saturated carbocycles. The second-order valence-electron chi connectivity index (χ2n) is 5.46. The molecule has 0 atom stereocenters. The highest BCUT2D eigenvalue weighted by Gasteiger charge is 2.16. The third kappa shape index (κ3) is 3.85. The van der Waals surface area contributed by atoms with Crippen LogP contribution in [0.1, 0.15) is 37.8 Å². The molecule has 0 saturated heterocycles. The molecule has 0 unspecified atom stereocenters. The molecule has 0 aliphatic rings. The van der Waals surface area contributed by atoms with Crippen molar-refractivity contribution in [3.63, 3.8) is 0 Å². The molecule has 2 rings (SSSR count). The monoisotopic (exact) mass is 320 g/mol. The van der Waals surface area contributed by atoms with Crippen LogP contribution >= 0.6 is 0 Å². The first-order valence-electron chi connectivity index (χ1n) is 8.09. The Morgan fingerprint density at radius 2 is 1.83 bits per heavy atom. The summed E-state index contributed by atoms with van der Waals surface area (Å²) in [5, 5.41) is 9.93. The van der Waals surface area contributed by atoms with Crippen LogP contribution in [-0.4, -0.2) is 24.9 Å². The summed E-state index contributed by atoms with van der Waals surface area (Å²) in [6.45, 7) is 6.98. The van der Waals surface area contributed by atoms with Gasteiger partial charge in [-0.15, -0.1) is 0 Å². The van der Waals surface area contributed by atoms with Gasteiger partial charge in [-0.1, -0.05) is 13.8 Å². The Bertz CT molecular complexity index is 717. The van der Waals surface area contributed by atoms with Gasteiger partial charge in [-0.3, -0.25) is 0 Å². The first-order chi connectivity index (χ1) is 11.1. The van der Waals surface area contributed by atoms with Crippen LogP contribution in [-0.2, 0) is 6.42 Å². The molecule has 1 aromatic carbocycles. The summed E-state index contributed by atoms with van der Waals surface area (Å²) < 4.78 is 16.9. The summed E-state index contributed by atoms with van der Waals surface area (Å²) in [6, 6.07) is 3.56. The zero-order chi connectivity index (χ0) is 16.8. The Morgan fingerprint density at radius 1 is 1.13 bits per heavy atom. The molecule has 0 aliphatic carbocycles. The lowest BCUT2D eigenvalue weighted by Crippen LogP contribution is -2.12. The fraction of sp³-hybridized carbons (Fsp3) is 0.500. The molecule has 0 fully saturated rings. The lowest BCUT2D eigenvalue weighted by molar-refractivity contribution is 0.296. The highest BCUT2D eigenvalue weighted by Crippen LogP contribution is 2.34. The van der Waals surface area contributed by atoms with Gasteiger partial charge in [0, 0.05) is 30.7 Å². The average molecular weight is 320 g/mol. The van der Waals surface area contributed by atoms with E-state index in [1.165, 1.54) is 0 Å². The van der Waals surface area contributed by atoms with Crippen LogP contribution in [0.4, 0.5) is 0 Å². The van der Waals surface area contributed by atoms with Crippen molar-refractivity contribution in [2.45, 2.75) is 40.0 Å². The van der Waals surface area contributed by atoms with Crippen LogP contribution in [0.15, 0.2) is 21.3 Å². The van der Waals surface area contributed by atoms with E-state index in [4.69, 9.17) is 19.0 Å². The van der Waals surface area contributed by atoms with Crippen molar-refractivity contribution < 1.29 is 19.0 Å². The third-order valence-electron chi connectivity index (χ3n) is 3.61. The molecule has 0 bridgehead atoms. The number of aryl methyl sites for hydroxylation is 1. The maximum atomic E-state index is 12.1. The van der Waals surface area contributed by atoms with E-state index in [1.807, 2.05) is 26.8 Å². The number of fused-ring (bicyclic) bond motifs is 1. The first-order valence-corrected chi connectivity index (χ1v) is 8.09. The minimum Gasteiger partial charge on any atom is -0.493 e. The van der Waals surface area contributed by atoms with Gasteiger partial charge in [0.25, 0.3) is 0 Å². The molecule has 5 heteroatoms. The van der Waals surface area contributed by atoms with Gasteiger partial charge in [0.15, 0.2) is 0 Å². The normalized spacial score (nSPS) is 11.0. The summed E-state index contributed by atoms with van der Waals surface area (Å²) in [7, 11) is 0. The Hall–Kier alpha value is -2.01. The van der Waals surface area contributed by atoms with Crippen molar-refractivity contribution in [1.82, 2.24) is 0 Å². The van der Waals surface area contributed by atoms with Crippen LogP contribution in [0.3, 0.4) is 0 Å². The van der Waals surface area contributed by atoms with E-state index < -0.39 is 5.63 Å². The summed E-state index contributed by atoms with van der Waals surface area (Å²) in [5.41, 5.74) is 1.31. The summed E-state index contributed by atoms with van der Waals surface area (Å²) in [4.78, 5) is 12.1. The minimum absolute atomic E-state index is 0.0973. The molecule has 0 spiro atoms. The lowest BCUT2D eigenvalue weighted by Gasteiger charge is -2.14. The molecule has 2 aromatic rings. The molecule has 0 radical (unpaired) electrons. The molecule has 0 amide bonds. The number of rotatable bonds is 8. The number of aliphatic hydroxyl groups is 1. The van der Waals surface area contributed by atoms with E-state index in [2.05, 4.69) is 0 Å². The molecule has 0 aliphatic heterocycles. The maximum Gasteiger partial charge on any atom is 0.339 e. The molecule has 1 N–H and O–H groups in total. The van der Waals surface area contributed by atoms with Gasteiger partial charge in [-0.25, -0.2) is 4.79 Å². The van der Waals surface area contributed by atoms with Crippen LogP contribution in [0.5, 0.6) is 11.5 Å². The minimum atomic E-state index is -0.418. The number of aliphatic hydroxyl groups excluding tert-OH is 1. The zero-order valence-corrected chi connectivity index (χ0v) is 14.0. The Labute approximate surface area is 135 Å². The van der Waals surface area contributed by atoms with Gasteiger partial charge < -0.3 is 19.0 Å². The Morgan fingerprint density at radius 3 is 2.48 bits per heavy atom. The van der Waals surface area contributed by atoms with E-state index in [0.29, 0.717) is 35.9 Å². The van der Waals surface area contributed by atoms with Crippen molar-refractivity contribution in [3.05, 3.63) is 33.7 Å². The molecule has 1 aromatic heterocycles. The summed E-state index contributed by atoms with van der Waals surface area (Å²) >= 11 is 0. The Balaban J connectivity index is 2.63. The maximum absolute atomic E-state index is 12.1. The predicted octanol–water partition coefficient (Wildman–Crippen LogP) is 3.21. The average Bonchev–Trinajstić information content (AvgIpc) is 2.54. The smallest absolute Gasteiger partial charge is 0.339 e. The molecular weight excluding hydrogens is 296 g/mol. The predicted molar refractivity (Wildman–Crippen MR) is 89.6 cm³/mol. The molecule has 5 nitrogen and oxygen atoms in total. The standard InChI is InChI=1S/C18H24O5/c1-4-8-21-13-10-15(22-9-5-2)17-12(3)14(6-7-19)18(20)23-16(17)11-13/h10-11,19H,4-9H2,1-3H3. The van der Waals surface area contributed by atoms with Gasteiger partial charge in [0.2, 0.25) is 0 Å². The summed E-state index contributed by atoms with van der Waals surface area (Å²) in [5.74, 6) is 1.28. The van der Waals surface area contributed by atoms with Crippen molar-refractivity contribution in [2.75, 3.05) is 19.8 Å². The van der Waals surface area contributed by atoms with E-state index in [9.17, 15) is 4.79 Å². The van der Waals surface area contributed by atoms with E-state index >= 15 is 0 Å². The van der Waals surface area contributed by atoms with Gasteiger partial charge in [0.1, 0.15) is 17.1 Å². The molecule has 126 valence electrons. The van der Waals surface area contributed by atoms with E-state index in [-0.39, 0.29) is 13.0 Å². The summed E-state index contributed by atoms with van der Waals surface area (Å²) in [6.07, 6.45) is 2.04. The van der Waals surface area contributed by atoms with Crippen LogP contribution in [0.2, 0.25) is 0 Å². The SMILES string of the molecule is CCCOc1cc(OCCC)c2c(C)c(CCO)c(=O)oc2c1. The number of hydrogen-bond acceptors (Lipinski definition) is 5. The van der Waals surface area contributed by atoms with Gasteiger partial charge >= 0.3 is 5.63 Å². The van der Waals surface area contributed by atoms with Crippen LogP contribution < -0.4 is 15.1 Å². The number of ether oxygens (including phenoxy) is 2. The highest BCUT2D eigenvalue weighted by molar-refractivity contribution is 5.89. The van der Waals surface area contributed by atoms with Gasteiger partial charge in [0.05, 0.1) is 18.6 Å². The van der Waals surface area contributed by atoms with Gasteiger partial charge in [-0.2, -0.15) is 0 Å². The Kier molecular flexibility index (Phi) is 6.04. The second kappa shape index (κ2) is 8.02. The van der Waals surface area contributed by atoms with Crippen molar-refractivity contribution >= 4 is 11.0 Å². The number of benzene rings is 1. The van der Waals surface area contributed by atoms with E-state index in [1.54, 1.807) is 6.07 Å². The fourth-order valence-corrected chi connectivity index (χ4v) is 2.51. The number of hydrogen-bond donors (Lipinski definition) is 1. The molecular formula is C18H24O5. The van der Waals surface area contributed by atoms with Crippen molar-refractivity contribution in [3.8, 4) is 11.5 Å². The fourth-order valence-electron chi connectivity index (χ4n) is 2.51. The first kappa shape index (κ1) is 17.3. The molecule has 1 heterocycles. The second-order valence-corrected chi connectivity index (χ2v) is 5.46. The van der Waals surface area contributed by atoms with Crippen molar-refractivity contribution in [1.29, 1.82) is 0 Å². The van der Waals surface area contributed by atoms with E-state index in [0.717, 1.165) is 23.8 Å². The zero-order valence-electron chi connectivity index (χ0n) is 14.0.